The van der Waals surface area contributed by atoms with Crippen molar-refractivity contribution in [1.29, 1.82) is 0 Å². The van der Waals surface area contributed by atoms with Crippen LogP contribution in [-0.4, -0.2) is 42.1 Å². The summed E-state index contributed by atoms with van der Waals surface area (Å²) in [5.41, 5.74) is 2.94. The van der Waals surface area contributed by atoms with Crippen molar-refractivity contribution >= 4 is 11.8 Å². The number of likely N-dealkylation sites (N-methyl/N-ethyl adjacent to an activating group) is 1. The number of hydrazine groups is 1. The molecule has 0 aromatic heterocycles. The maximum atomic E-state index is 5.61. The van der Waals surface area contributed by atoms with Gasteiger partial charge in [0.05, 0.1) is 0 Å². The Balaban J connectivity index is 2.38. The van der Waals surface area contributed by atoms with Gasteiger partial charge < -0.3 is 4.90 Å². The molecule has 15 heavy (non-hydrogen) atoms. The van der Waals surface area contributed by atoms with E-state index in [2.05, 4.69) is 23.3 Å². The summed E-state index contributed by atoms with van der Waals surface area (Å²) in [6.45, 7) is 1.16. The second-order valence-corrected chi connectivity index (χ2v) is 5.14. The number of nitrogens with one attached hydrogen (secondary N) is 1. The summed E-state index contributed by atoms with van der Waals surface area (Å²) in [4.78, 5) is 2.40. The van der Waals surface area contributed by atoms with E-state index in [-0.39, 0.29) is 0 Å². The summed E-state index contributed by atoms with van der Waals surface area (Å²) < 4.78 is 0. The van der Waals surface area contributed by atoms with E-state index in [1.54, 1.807) is 0 Å². The van der Waals surface area contributed by atoms with Gasteiger partial charge in [0.15, 0.2) is 0 Å². The standard InChI is InChI=1S/C11H21N3S/c1-3-4-5-6-10(13-12)11-9-15-8-7-14(11)2/h1,10-11,13H,4-9,12H2,2H3. The molecule has 3 N–H and O–H groups in total. The van der Waals surface area contributed by atoms with Gasteiger partial charge in [0.1, 0.15) is 0 Å². The molecular weight excluding hydrogens is 206 g/mol. The lowest BCUT2D eigenvalue weighted by atomic mass is 10.0. The zero-order chi connectivity index (χ0) is 11.1. The maximum absolute atomic E-state index is 5.61. The van der Waals surface area contributed by atoms with E-state index in [4.69, 9.17) is 12.3 Å². The lowest BCUT2D eigenvalue weighted by molar-refractivity contribution is 0.207. The Hall–Kier alpha value is -0.210. The van der Waals surface area contributed by atoms with Crippen molar-refractivity contribution in [2.45, 2.75) is 31.3 Å². The minimum atomic E-state index is 0.371. The highest BCUT2D eigenvalue weighted by molar-refractivity contribution is 7.99. The smallest absolute Gasteiger partial charge is 0.0374 e. The van der Waals surface area contributed by atoms with Crippen molar-refractivity contribution < 1.29 is 0 Å². The lowest BCUT2D eigenvalue weighted by Crippen LogP contribution is -2.54. The quantitative estimate of drug-likeness (QED) is 0.313. The third-order valence-corrected chi connectivity index (χ3v) is 4.01. The maximum Gasteiger partial charge on any atom is 0.0374 e. The summed E-state index contributed by atoms with van der Waals surface area (Å²) >= 11 is 2.01. The van der Waals surface area contributed by atoms with E-state index in [1.807, 2.05) is 11.8 Å². The molecule has 4 heteroatoms. The highest BCUT2D eigenvalue weighted by Gasteiger charge is 2.26. The molecule has 1 rings (SSSR count). The van der Waals surface area contributed by atoms with E-state index in [0.29, 0.717) is 12.1 Å². The first kappa shape index (κ1) is 12.9. The van der Waals surface area contributed by atoms with Gasteiger partial charge in [0.25, 0.3) is 0 Å². The summed E-state index contributed by atoms with van der Waals surface area (Å²) in [6.07, 6.45) is 8.22. The van der Waals surface area contributed by atoms with Crippen LogP contribution in [0.25, 0.3) is 0 Å². The monoisotopic (exact) mass is 227 g/mol. The van der Waals surface area contributed by atoms with Crippen molar-refractivity contribution in [2.24, 2.45) is 5.84 Å². The molecule has 1 fully saturated rings. The Bertz CT molecular complexity index is 214. The number of thioether (sulfide) groups is 1. The molecule has 2 unspecified atom stereocenters. The molecule has 0 spiro atoms. The molecule has 0 aromatic carbocycles. The Kier molecular flexibility index (Phi) is 6.11. The minimum absolute atomic E-state index is 0.371. The van der Waals surface area contributed by atoms with Crippen LogP contribution in [-0.2, 0) is 0 Å². The molecule has 1 heterocycles. The Morgan fingerprint density at radius 1 is 1.73 bits per heavy atom. The topological polar surface area (TPSA) is 41.3 Å². The predicted octanol–water partition coefficient (Wildman–Crippen LogP) is 0.669. The van der Waals surface area contributed by atoms with E-state index < -0.39 is 0 Å². The van der Waals surface area contributed by atoms with E-state index in [0.717, 1.165) is 25.8 Å². The van der Waals surface area contributed by atoms with Crippen LogP contribution in [0.15, 0.2) is 0 Å². The van der Waals surface area contributed by atoms with E-state index in [9.17, 15) is 0 Å². The fourth-order valence-corrected chi connectivity index (χ4v) is 3.25. The number of hydrogen-bond acceptors (Lipinski definition) is 4. The van der Waals surface area contributed by atoms with Gasteiger partial charge in [-0.05, 0) is 19.9 Å². The Morgan fingerprint density at radius 3 is 3.13 bits per heavy atom. The zero-order valence-corrected chi connectivity index (χ0v) is 10.2. The molecule has 3 nitrogen and oxygen atoms in total. The second-order valence-electron chi connectivity index (χ2n) is 3.99. The van der Waals surface area contributed by atoms with Crippen LogP contribution in [0, 0.1) is 12.3 Å². The first-order chi connectivity index (χ1) is 7.29. The third-order valence-electron chi connectivity index (χ3n) is 2.96. The Labute approximate surface area is 97.1 Å². The van der Waals surface area contributed by atoms with Gasteiger partial charge in [-0.25, -0.2) is 0 Å². The van der Waals surface area contributed by atoms with E-state index in [1.165, 1.54) is 11.5 Å². The molecular formula is C11H21N3S. The molecule has 1 saturated heterocycles. The molecule has 0 aromatic rings. The first-order valence-corrected chi connectivity index (χ1v) is 6.62. The van der Waals surface area contributed by atoms with Crippen LogP contribution >= 0.6 is 11.8 Å². The lowest BCUT2D eigenvalue weighted by Gasteiger charge is -2.37. The molecule has 1 aliphatic rings. The van der Waals surface area contributed by atoms with Gasteiger partial charge in [-0.2, -0.15) is 11.8 Å². The molecule has 0 amide bonds. The highest BCUT2D eigenvalue weighted by Crippen LogP contribution is 2.19. The van der Waals surface area contributed by atoms with Crippen molar-refractivity contribution in [3.8, 4) is 12.3 Å². The summed E-state index contributed by atoms with van der Waals surface area (Å²) in [5, 5.41) is 0. The van der Waals surface area contributed by atoms with Crippen LogP contribution in [0.4, 0.5) is 0 Å². The minimum Gasteiger partial charge on any atom is -0.300 e. The normalized spacial score (nSPS) is 24.7. The number of nitrogens with two attached hydrogens (primary N) is 1. The predicted molar refractivity (Wildman–Crippen MR) is 67.5 cm³/mol. The first-order valence-electron chi connectivity index (χ1n) is 5.47. The van der Waals surface area contributed by atoms with Crippen LogP contribution in [0.1, 0.15) is 19.3 Å². The Morgan fingerprint density at radius 2 is 2.53 bits per heavy atom. The molecule has 0 aliphatic carbocycles. The summed E-state index contributed by atoms with van der Waals surface area (Å²) in [7, 11) is 2.18. The molecule has 0 radical (unpaired) electrons. The number of nitrogens with zero attached hydrogens (tertiary/aromatic N) is 1. The van der Waals surface area contributed by atoms with Crippen LogP contribution in [0.5, 0.6) is 0 Å². The van der Waals surface area contributed by atoms with Crippen molar-refractivity contribution in [2.75, 3.05) is 25.1 Å². The third kappa shape index (κ3) is 4.04. The van der Waals surface area contributed by atoms with Gasteiger partial charge in [0, 0.05) is 36.6 Å². The zero-order valence-electron chi connectivity index (χ0n) is 9.41. The number of rotatable bonds is 5. The molecule has 2 atom stereocenters. The van der Waals surface area contributed by atoms with Crippen LogP contribution in [0.2, 0.25) is 0 Å². The van der Waals surface area contributed by atoms with Crippen molar-refractivity contribution in [1.82, 2.24) is 10.3 Å². The van der Waals surface area contributed by atoms with Gasteiger partial charge in [0.2, 0.25) is 0 Å². The molecule has 1 aliphatic heterocycles. The average Bonchev–Trinajstić information content (AvgIpc) is 2.26. The fraction of sp³-hybridized carbons (Fsp3) is 0.818. The number of unbranched alkanes of at least 4 members (excludes halogenated alkanes) is 1. The summed E-state index contributed by atoms with van der Waals surface area (Å²) in [5.74, 6) is 10.7. The van der Waals surface area contributed by atoms with Crippen LogP contribution in [0.3, 0.4) is 0 Å². The van der Waals surface area contributed by atoms with Gasteiger partial charge in [-0.15, -0.1) is 12.3 Å². The largest absolute Gasteiger partial charge is 0.300 e. The SMILES string of the molecule is C#CCCCC(NN)C1CSCCN1C. The number of terminal acetylenes is 1. The highest BCUT2D eigenvalue weighted by atomic mass is 32.2. The molecule has 86 valence electrons. The van der Waals surface area contributed by atoms with Crippen LogP contribution < -0.4 is 11.3 Å². The van der Waals surface area contributed by atoms with E-state index >= 15 is 0 Å². The summed E-state index contributed by atoms with van der Waals surface area (Å²) in [6, 6.07) is 0.919. The van der Waals surface area contributed by atoms with Gasteiger partial charge in [-0.3, -0.25) is 11.3 Å². The molecule has 0 saturated carbocycles. The van der Waals surface area contributed by atoms with Gasteiger partial charge in [-0.1, -0.05) is 0 Å². The number of hydrogen-bond donors (Lipinski definition) is 2. The average molecular weight is 227 g/mol. The fourth-order valence-electron chi connectivity index (χ4n) is 1.94. The van der Waals surface area contributed by atoms with Crippen molar-refractivity contribution in [3.05, 3.63) is 0 Å². The van der Waals surface area contributed by atoms with Crippen molar-refractivity contribution in [3.63, 3.8) is 0 Å². The van der Waals surface area contributed by atoms with Gasteiger partial charge >= 0.3 is 0 Å². The second kappa shape index (κ2) is 7.13. The molecule has 0 bridgehead atoms.